The average molecular weight is 294 g/mol. The first-order valence-electron chi connectivity index (χ1n) is 7.43. The fraction of sp³-hybridized carbons (Fsp3) is 1.00. The predicted octanol–water partition coefficient (Wildman–Crippen LogP) is 2.91. The van der Waals surface area contributed by atoms with Crippen molar-refractivity contribution in [2.75, 3.05) is 26.2 Å². The number of alkyl halides is 3. The van der Waals surface area contributed by atoms with Crippen molar-refractivity contribution in [3.63, 3.8) is 0 Å². The Labute approximate surface area is 118 Å². The highest BCUT2D eigenvalue weighted by molar-refractivity contribution is 5.03. The highest BCUT2D eigenvalue weighted by Gasteiger charge is 2.44. The molecule has 0 bridgehead atoms. The van der Waals surface area contributed by atoms with Crippen molar-refractivity contribution in [2.24, 2.45) is 0 Å². The Morgan fingerprint density at radius 3 is 2.40 bits per heavy atom. The summed E-state index contributed by atoms with van der Waals surface area (Å²) in [6.07, 6.45) is 1.18. The van der Waals surface area contributed by atoms with Crippen molar-refractivity contribution >= 4 is 0 Å². The molecular formula is C14H25F3N2O. The minimum Gasteiger partial charge on any atom is -0.309 e. The van der Waals surface area contributed by atoms with Crippen LogP contribution in [0.4, 0.5) is 13.2 Å². The standard InChI is InChI=1S/C14H25F3N2O/c1-12(2)11-19(8-9-20-14(15,16)17)13(10-18-12)6-4-3-5-7-13/h18H,3-11H2,1-2H3. The molecule has 1 N–H and O–H groups in total. The van der Waals surface area contributed by atoms with Gasteiger partial charge in [0, 0.05) is 30.7 Å². The lowest BCUT2D eigenvalue weighted by molar-refractivity contribution is -0.326. The van der Waals surface area contributed by atoms with Crippen LogP contribution < -0.4 is 5.32 Å². The Bertz CT molecular complexity index is 325. The van der Waals surface area contributed by atoms with E-state index in [1.807, 2.05) is 0 Å². The second-order valence-electron chi connectivity index (χ2n) is 6.74. The van der Waals surface area contributed by atoms with E-state index < -0.39 is 6.36 Å². The molecule has 1 spiro atoms. The molecule has 0 aromatic carbocycles. The van der Waals surface area contributed by atoms with Crippen molar-refractivity contribution in [2.45, 2.75) is 63.4 Å². The van der Waals surface area contributed by atoms with E-state index in [-0.39, 0.29) is 17.7 Å². The van der Waals surface area contributed by atoms with Crippen LogP contribution in [0, 0.1) is 0 Å². The zero-order chi connectivity index (χ0) is 14.9. The minimum atomic E-state index is -4.52. The van der Waals surface area contributed by atoms with Gasteiger partial charge in [-0.05, 0) is 26.7 Å². The molecule has 1 heterocycles. The van der Waals surface area contributed by atoms with E-state index >= 15 is 0 Å². The topological polar surface area (TPSA) is 24.5 Å². The summed E-state index contributed by atoms with van der Waals surface area (Å²) in [6.45, 7) is 5.91. The van der Waals surface area contributed by atoms with Crippen LogP contribution in [-0.2, 0) is 4.74 Å². The van der Waals surface area contributed by atoms with E-state index in [0.29, 0.717) is 6.54 Å². The van der Waals surface area contributed by atoms with Crippen LogP contribution in [0.5, 0.6) is 0 Å². The van der Waals surface area contributed by atoms with E-state index in [2.05, 4.69) is 28.8 Å². The van der Waals surface area contributed by atoms with Gasteiger partial charge in [-0.1, -0.05) is 19.3 Å². The first kappa shape index (κ1) is 16.0. The van der Waals surface area contributed by atoms with Crippen molar-refractivity contribution in [3.8, 4) is 0 Å². The van der Waals surface area contributed by atoms with Gasteiger partial charge >= 0.3 is 6.36 Å². The minimum absolute atomic E-state index is 0.0305. The quantitative estimate of drug-likeness (QED) is 0.866. The van der Waals surface area contributed by atoms with Crippen LogP contribution in [-0.4, -0.2) is 48.6 Å². The number of ether oxygens (including phenoxy) is 1. The molecule has 1 saturated heterocycles. The number of nitrogens with zero attached hydrogens (tertiary/aromatic N) is 1. The zero-order valence-electron chi connectivity index (χ0n) is 12.4. The van der Waals surface area contributed by atoms with Gasteiger partial charge < -0.3 is 5.32 Å². The number of halogens is 3. The van der Waals surface area contributed by atoms with Gasteiger partial charge in [-0.25, -0.2) is 0 Å². The third-order valence-corrected chi connectivity index (χ3v) is 4.56. The third-order valence-electron chi connectivity index (χ3n) is 4.56. The Morgan fingerprint density at radius 2 is 1.80 bits per heavy atom. The van der Waals surface area contributed by atoms with Crippen LogP contribution in [0.25, 0.3) is 0 Å². The van der Waals surface area contributed by atoms with E-state index in [1.165, 1.54) is 19.3 Å². The average Bonchev–Trinajstić information content (AvgIpc) is 2.34. The summed E-state index contributed by atoms with van der Waals surface area (Å²) in [4.78, 5) is 2.23. The number of rotatable bonds is 3. The maximum atomic E-state index is 12.1. The molecule has 0 radical (unpaired) electrons. The molecular weight excluding hydrogens is 269 g/mol. The second kappa shape index (κ2) is 5.81. The van der Waals surface area contributed by atoms with Crippen LogP contribution in [0.15, 0.2) is 0 Å². The molecule has 2 rings (SSSR count). The Kier molecular flexibility index (Phi) is 4.66. The van der Waals surface area contributed by atoms with E-state index in [0.717, 1.165) is 25.9 Å². The van der Waals surface area contributed by atoms with E-state index in [4.69, 9.17) is 0 Å². The molecule has 0 aromatic heterocycles. The van der Waals surface area contributed by atoms with Gasteiger partial charge in [0.25, 0.3) is 0 Å². The maximum Gasteiger partial charge on any atom is 0.522 e. The van der Waals surface area contributed by atoms with Crippen LogP contribution in [0.2, 0.25) is 0 Å². The maximum absolute atomic E-state index is 12.1. The molecule has 3 nitrogen and oxygen atoms in total. The fourth-order valence-corrected chi connectivity index (χ4v) is 3.51. The van der Waals surface area contributed by atoms with Crippen molar-refractivity contribution in [1.82, 2.24) is 10.2 Å². The summed E-state index contributed by atoms with van der Waals surface area (Å²) in [5, 5.41) is 3.55. The third kappa shape index (κ3) is 4.09. The Balaban J connectivity index is 1.99. The van der Waals surface area contributed by atoms with Gasteiger partial charge in [0.2, 0.25) is 0 Å². The summed E-state index contributed by atoms with van der Waals surface area (Å²) in [7, 11) is 0. The van der Waals surface area contributed by atoms with Crippen molar-refractivity contribution in [1.29, 1.82) is 0 Å². The molecule has 2 aliphatic rings. The zero-order valence-corrected chi connectivity index (χ0v) is 12.4. The highest BCUT2D eigenvalue weighted by Crippen LogP contribution is 2.36. The molecule has 0 unspecified atom stereocenters. The summed E-state index contributed by atoms with van der Waals surface area (Å²) < 4.78 is 40.4. The molecule has 118 valence electrons. The van der Waals surface area contributed by atoms with Gasteiger partial charge in [-0.15, -0.1) is 13.2 Å². The normalized spacial score (nSPS) is 26.9. The summed E-state index contributed by atoms with van der Waals surface area (Å²) in [5.41, 5.74) is -0.0241. The van der Waals surface area contributed by atoms with E-state index in [1.54, 1.807) is 0 Å². The van der Waals surface area contributed by atoms with Crippen LogP contribution >= 0.6 is 0 Å². The molecule has 6 heteroatoms. The summed E-state index contributed by atoms with van der Waals surface area (Å²) in [6, 6.07) is 0. The first-order valence-corrected chi connectivity index (χ1v) is 7.43. The predicted molar refractivity (Wildman–Crippen MR) is 71.5 cm³/mol. The lowest BCUT2D eigenvalue weighted by Gasteiger charge is -2.54. The largest absolute Gasteiger partial charge is 0.522 e. The molecule has 2 fully saturated rings. The van der Waals surface area contributed by atoms with Crippen molar-refractivity contribution < 1.29 is 17.9 Å². The van der Waals surface area contributed by atoms with Gasteiger partial charge in [0.05, 0.1) is 6.61 Å². The van der Waals surface area contributed by atoms with Crippen LogP contribution in [0.3, 0.4) is 0 Å². The molecule has 20 heavy (non-hydrogen) atoms. The van der Waals surface area contributed by atoms with Crippen molar-refractivity contribution in [3.05, 3.63) is 0 Å². The number of nitrogens with one attached hydrogen (secondary N) is 1. The molecule has 1 aliphatic heterocycles. The van der Waals surface area contributed by atoms with Gasteiger partial charge in [-0.2, -0.15) is 0 Å². The molecule has 1 aliphatic carbocycles. The number of hydrogen-bond donors (Lipinski definition) is 1. The molecule has 0 aromatic rings. The first-order chi connectivity index (χ1) is 9.23. The van der Waals surface area contributed by atoms with Gasteiger partial charge in [0.15, 0.2) is 0 Å². The lowest BCUT2D eigenvalue weighted by atomic mass is 9.77. The summed E-state index contributed by atoms with van der Waals surface area (Å²) in [5.74, 6) is 0. The second-order valence-corrected chi connectivity index (χ2v) is 6.74. The smallest absolute Gasteiger partial charge is 0.309 e. The molecule has 0 atom stereocenters. The number of piperazine rings is 1. The highest BCUT2D eigenvalue weighted by atomic mass is 19.4. The monoisotopic (exact) mass is 294 g/mol. The fourth-order valence-electron chi connectivity index (χ4n) is 3.51. The molecule has 1 saturated carbocycles. The SMILES string of the molecule is CC1(C)CN(CCOC(F)(F)F)C2(CCCCC2)CN1. The number of hydrogen-bond acceptors (Lipinski definition) is 3. The molecule has 0 amide bonds. The van der Waals surface area contributed by atoms with Gasteiger partial charge in [-0.3, -0.25) is 9.64 Å². The van der Waals surface area contributed by atoms with Gasteiger partial charge in [0.1, 0.15) is 0 Å². The Morgan fingerprint density at radius 1 is 1.15 bits per heavy atom. The van der Waals surface area contributed by atoms with E-state index in [9.17, 15) is 13.2 Å². The lowest BCUT2D eigenvalue weighted by Crippen LogP contribution is -2.69. The van der Waals surface area contributed by atoms with Crippen LogP contribution in [0.1, 0.15) is 46.0 Å². The summed E-state index contributed by atoms with van der Waals surface area (Å²) >= 11 is 0. The Hall–Kier alpha value is -0.330.